The predicted molar refractivity (Wildman–Crippen MR) is 74.7 cm³/mol. The van der Waals surface area contributed by atoms with E-state index in [2.05, 4.69) is 24.1 Å². The Morgan fingerprint density at radius 2 is 2.22 bits per heavy atom. The molecule has 18 heavy (non-hydrogen) atoms. The molecule has 0 unspecified atom stereocenters. The molecule has 0 radical (unpaired) electrons. The largest absolute Gasteiger partial charge is 0.352 e. The number of pyridine rings is 1. The van der Waals surface area contributed by atoms with Gasteiger partial charge in [-0.1, -0.05) is 19.9 Å². The zero-order valence-electron chi connectivity index (χ0n) is 10.5. The third-order valence-electron chi connectivity index (χ3n) is 2.47. The minimum absolute atomic E-state index is 0.0612. The van der Waals surface area contributed by atoms with Crippen LogP contribution in [0.1, 0.15) is 24.2 Å². The van der Waals surface area contributed by atoms with Crippen molar-refractivity contribution < 1.29 is 4.79 Å². The summed E-state index contributed by atoms with van der Waals surface area (Å²) in [6, 6.07) is 7.71. The van der Waals surface area contributed by atoms with Gasteiger partial charge in [-0.3, -0.25) is 9.78 Å². The van der Waals surface area contributed by atoms with Crippen molar-refractivity contribution in [3.05, 3.63) is 41.4 Å². The molecule has 0 spiro atoms. The first-order chi connectivity index (χ1) is 8.66. The van der Waals surface area contributed by atoms with E-state index in [0.717, 1.165) is 10.6 Å². The van der Waals surface area contributed by atoms with Crippen LogP contribution in [0.3, 0.4) is 0 Å². The summed E-state index contributed by atoms with van der Waals surface area (Å²) >= 11 is 1.64. The third-order valence-corrected chi connectivity index (χ3v) is 3.36. The predicted octanol–water partition coefficient (Wildman–Crippen LogP) is 3.20. The van der Waals surface area contributed by atoms with Crippen LogP contribution in [0.4, 0.5) is 0 Å². The number of hydrogen-bond acceptors (Lipinski definition) is 3. The number of rotatable bonds is 4. The van der Waals surface area contributed by atoms with Crippen molar-refractivity contribution in [3.63, 3.8) is 0 Å². The van der Waals surface area contributed by atoms with E-state index in [9.17, 15) is 4.79 Å². The lowest BCUT2D eigenvalue weighted by molar-refractivity contribution is 0.0948. The zero-order chi connectivity index (χ0) is 13.0. The number of amides is 1. The number of aromatic nitrogens is 1. The van der Waals surface area contributed by atoms with Crippen molar-refractivity contribution in [2.45, 2.75) is 13.8 Å². The Balaban J connectivity index is 2.06. The Morgan fingerprint density at radius 3 is 2.78 bits per heavy atom. The molecule has 94 valence electrons. The fraction of sp³-hybridized carbons (Fsp3) is 0.286. The van der Waals surface area contributed by atoms with Crippen LogP contribution in [-0.4, -0.2) is 17.4 Å². The molecule has 0 saturated carbocycles. The topological polar surface area (TPSA) is 42.0 Å². The molecular weight excluding hydrogens is 244 g/mol. The molecule has 0 bridgehead atoms. The second-order valence-corrected chi connectivity index (χ2v) is 5.46. The molecule has 2 aromatic rings. The summed E-state index contributed by atoms with van der Waals surface area (Å²) in [7, 11) is 0. The standard InChI is InChI=1S/C14H16N2OS/c1-10(2)8-16-14(17)11-5-6-12(15-9-11)13-4-3-7-18-13/h3-7,9-10H,8H2,1-2H3,(H,16,17). The molecule has 1 N–H and O–H groups in total. The van der Waals surface area contributed by atoms with Gasteiger partial charge >= 0.3 is 0 Å². The van der Waals surface area contributed by atoms with Gasteiger partial charge in [0.05, 0.1) is 16.1 Å². The van der Waals surface area contributed by atoms with E-state index in [1.54, 1.807) is 17.5 Å². The molecule has 0 saturated heterocycles. The Kier molecular flexibility index (Phi) is 4.10. The van der Waals surface area contributed by atoms with Gasteiger partial charge in [0.25, 0.3) is 5.91 Å². The highest BCUT2D eigenvalue weighted by atomic mass is 32.1. The third kappa shape index (κ3) is 3.17. The average Bonchev–Trinajstić information content (AvgIpc) is 2.90. The maximum absolute atomic E-state index is 11.8. The summed E-state index contributed by atoms with van der Waals surface area (Å²) in [6.07, 6.45) is 1.63. The molecule has 2 heterocycles. The Morgan fingerprint density at radius 1 is 1.39 bits per heavy atom. The Hall–Kier alpha value is -1.68. The van der Waals surface area contributed by atoms with Gasteiger partial charge in [0.15, 0.2) is 0 Å². The summed E-state index contributed by atoms with van der Waals surface area (Å²) in [5, 5.41) is 4.89. The van der Waals surface area contributed by atoms with E-state index in [4.69, 9.17) is 0 Å². The number of thiophene rings is 1. The first kappa shape index (κ1) is 12.8. The second-order valence-electron chi connectivity index (χ2n) is 4.51. The average molecular weight is 260 g/mol. The number of carbonyl (C=O) groups excluding carboxylic acids is 1. The molecule has 1 amide bonds. The Labute approximate surface area is 111 Å². The lowest BCUT2D eigenvalue weighted by atomic mass is 10.2. The van der Waals surface area contributed by atoms with Gasteiger partial charge in [-0.25, -0.2) is 0 Å². The van der Waals surface area contributed by atoms with Crippen molar-refractivity contribution in [3.8, 4) is 10.6 Å². The summed E-state index contributed by atoms with van der Waals surface area (Å²) in [5.41, 5.74) is 1.52. The van der Waals surface area contributed by atoms with Crippen LogP contribution >= 0.6 is 11.3 Å². The molecule has 0 fully saturated rings. The second kappa shape index (κ2) is 5.78. The van der Waals surface area contributed by atoms with Crippen LogP contribution in [0.15, 0.2) is 35.8 Å². The Bertz CT molecular complexity index is 503. The van der Waals surface area contributed by atoms with Gasteiger partial charge in [0, 0.05) is 12.7 Å². The monoisotopic (exact) mass is 260 g/mol. The van der Waals surface area contributed by atoms with Crippen LogP contribution in [0, 0.1) is 5.92 Å². The van der Waals surface area contributed by atoms with Gasteiger partial charge in [-0.05, 0) is 29.5 Å². The van der Waals surface area contributed by atoms with E-state index in [1.165, 1.54) is 0 Å². The van der Waals surface area contributed by atoms with Crippen molar-refractivity contribution in [2.24, 2.45) is 5.92 Å². The number of carbonyl (C=O) groups is 1. The SMILES string of the molecule is CC(C)CNC(=O)c1ccc(-c2cccs2)nc1. The number of nitrogens with zero attached hydrogens (tertiary/aromatic N) is 1. The number of hydrogen-bond donors (Lipinski definition) is 1. The van der Waals surface area contributed by atoms with Gasteiger partial charge < -0.3 is 5.32 Å². The summed E-state index contributed by atoms with van der Waals surface area (Å²) in [5.74, 6) is 0.390. The zero-order valence-corrected chi connectivity index (χ0v) is 11.3. The minimum atomic E-state index is -0.0612. The highest BCUT2D eigenvalue weighted by Gasteiger charge is 2.07. The molecule has 2 rings (SSSR count). The first-order valence-corrected chi connectivity index (χ1v) is 6.83. The van der Waals surface area contributed by atoms with Gasteiger partial charge in [-0.2, -0.15) is 0 Å². The molecule has 0 aliphatic heterocycles. The lowest BCUT2D eigenvalue weighted by Gasteiger charge is -2.07. The molecule has 0 aliphatic rings. The highest BCUT2D eigenvalue weighted by Crippen LogP contribution is 2.22. The van der Waals surface area contributed by atoms with E-state index in [0.29, 0.717) is 18.0 Å². The molecule has 0 aliphatic carbocycles. The minimum Gasteiger partial charge on any atom is -0.352 e. The fourth-order valence-electron chi connectivity index (χ4n) is 1.50. The molecular formula is C14H16N2OS. The van der Waals surface area contributed by atoms with E-state index in [-0.39, 0.29) is 5.91 Å². The number of nitrogens with one attached hydrogen (secondary N) is 1. The maximum atomic E-state index is 11.8. The highest BCUT2D eigenvalue weighted by molar-refractivity contribution is 7.13. The molecule has 0 atom stereocenters. The lowest BCUT2D eigenvalue weighted by Crippen LogP contribution is -2.27. The van der Waals surface area contributed by atoms with E-state index < -0.39 is 0 Å². The normalized spacial score (nSPS) is 10.6. The first-order valence-electron chi connectivity index (χ1n) is 5.95. The van der Waals surface area contributed by atoms with E-state index >= 15 is 0 Å². The quantitative estimate of drug-likeness (QED) is 0.917. The van der Waals surface area contributed by atoms with Crippen molar-refractivity contribution in [1.29, 1.82) is 0 Å². The van der Waals surface area contributed by atoms with Gasteiger partial charge in [-0.15, -0.1) is 11.3 Å². The van der Waals surface area contributed by atoms with Crippen molar-refractivity contribution in [1.82, 2.24) is 10.3 Å². The van der Waals surface area contributed by atoms with Gasteiger partial charge in [0.1, 0.15) is 0 Å². The van der Waals surface area contributed by atoms with Crippen molar-refractivity contribution in [2.75, 3.05) is 6.54 Å². The van der Waals surface area contributed by atoms with Crippen LogP contribution < -0.4 is 5.32 Å². The molecule has 4 heteroatoms. The van der Waals surface area contributed by atoms with Crippen LogP contribution in [0.25, 0.3) is 10.6 Å². The van der Waals surface area contributed by atoms with Crippen LogP contribution in [0.2, 0.25) is 0 Å². The van der Waals surface area contributed by atoms with Gasteiger partial charge in [0.2, 0.25) is 0 Å². The summed E-state index contributed by atoms with van der Waals surface area (Å²) in [4.78, 5) is 17.2. The fourth-order valence-corrected chi connectivity index (χ4v) is 2.20. The van der Waals surface area contributed by atoms with E-state index in [1.807, 2.05) is 29.6 Å². The summed E-state index contributed by atoms with van der Waals surface area (Å²) in [6.45, 7) is 4.82. The molecule has 3 nitrogen and oxygen atoms in total. The van der Waals surface area contributed by atoms with Crippen LogP contribution in [-0.2, 0) is 0 Å². The molecule has 0 aromatic carbocycles. The maximum Gasteiger partial charge on any atom is 0.252 e. The summed E-state index contributed by atoms with van der Waals surface area (Å²) < 4.78 is 0. The van der Waals surface area contributed by atoms with Crippen LogP contribution in [0.5, 0.6) is 0 Å². The smallest absolute Gasteiger partial charge is 0.252 e. The van der Waals surface area contributed by atoms with Crippen molar-refractivity contribution >= 4 is 17.2 Å². The molecule has 2 aromatic heterocycles.